The monoisotopic (exact) mass is 683 g/mol. The van der Waals surface area contributed by atoms with Crippen molar-refractivity contribution < 1.29 is 0 Å². The van der Waals surface area contributed by atoms with Crippen LogP contribution in [0.1, 0.15) is 163 Å². The molecule has 3 rings (SSSR count). The highest BCUT2D eigenvalue weighted by Gasteiger charge is 2.15. The van der Waals surface area contributed by atoms with E-state index in [1.807, 2.05) is 7.05 Å². The van der Waals surface area contributed by atoms with Gasteiger partial charge in [-0.15, -0.1) is 0 Å². The molecule has 4 nitrogen and oxygen atoms in total. The van der Waals surface area contributed by atoms with Gasteiger partial charge in [-0.2, -0.15) is 0 Å². The molecule has 0 aliphatic carbocycles. The van der Waals surface area contributed by atoms with E-state index in [1.54, 1.807) is 0 Å². The molecule has 0 aliphatic heterocycles. The molecule has 0 aliphatic rings. The molecule has 278 valence electrons. The van der Waals surface area contributed by atoms with Crippen molar-refractivity contribution in [3.8, 4) is 0 Å². The fourth-order valence-electron chi connectivity index (χ4n) is 7.13. The van der Waals surface area contributed by atoms with Crippen LogP contribution in [0.2, 0.25) is 0 Å². The number of anilines is 6. The molecule has 2 atom stereocenters. The Morgan fingerprint density at radius 2 is 0.660 bits per heavy atom. The molecule has 4 heteroatoms. The SMILES string of the molecule is CCCCCCCC(CCCCC)Nc1ccc(N(c2ccc(NC)cc2)c2ccc(NC(CCCCCC)CCCCCCC)cc2)cc1. The smallest absolute Gasteiger partial charge is 0.0463 e. The number of hydrogen-bond acceptors (Lipinski definition) is 4. The quantitative estimate of drug-likeness (QED) is 0.0637. The van der Waals surface area contributed by atoms with Gasteiger partial charge in [-0.05, 0) is 98.5 Å². The highest BCUT2D eigenvalue weighted by molar-refractivity contribution is 5.78. The van der Waals surface area contributed by atoms with Gasteiger partial charge in [-0.3, -0.25) is 0 Å². The molecular formula is C46H74N4. The average Bonchev–Trinajstić information content (AvgIpc) is 3.14. The summed E-state index contributed by atoms with van der Waals surface area (Å²) in [6.07, 6.45) is 27.7. The van der Waals surface area contributed by atoms with Gasteiger partial charge in [-0.1, -0.05) is 137 Å². The van der Waals surface area contributed by atoms with E-state index in [1.165, 1.54) is 158 Å². The molecule has 0 heterocycles. The van der Waals surface area contributed by atoms with E-state index in [9.17, 15) is 0 Å². The Hall–Kier alpha value is -3.14. The normalized spacial score (nSPS) is 12.4. The van der Waals surface area contributed by atoms with E-state index in [0.717, 1.165) is 11.4 Å². The summed E-state index contributed by atoms with van der Waals surface area (Å²) in [4.78, 5) is 2.38. The van der Waals surface area contributed by atoms with Gasteiger partial charge in [0.25, 0.3) is 0 Å². The lowest BCUT2D eigenvalue weighted by molar-refractivity contribution is 0.510. The van der Waals surface area contributed by atoms with Gasteiger partial charge in [0.2, 0.25) is 0 Å². The lowest BCUT2D eigenvalue weighted by atomic mass is 10.0. The van der Waals surface area contributed by atoms with Crippen LogP contribution in [-0.2, 0) is 0 Å². The Morgan fingerprint density at radius 1 is 0.380 bits per heavy atom. The third-order valence-corrected chi connectivity index (χ3v) is 10.3. The van der Waals surface area contributed by atoms with Gasteiger partial charge >= 0.3 is 0 Å². The zero-order chi connectivity index (χ0) is 35.7. The molecule has 3 N–H and O–H groups in total. The average molecular weight is 683 g/mol. The fraction of sp³-hybridized carbons (Fsp3) is 0.609. The van der Waals surface area contributed by atoms with Crippen molar-refractivity contribution in [2.24, 2.45) is 0 Å². The van der Waals surface area contributed by atoms with Crippen molar-refractivity contribution >= 4 is 34.1 Å². The lowest BCUT2D eigenvalue weighted by Crippen LogP contribution is -2.20. The molecule has 0 amide bonds. The van der Waals surface area contributed by atoms with E-state index in [-0.39, 0.29) is 0 Å². The third-order valence-electron chi connectivity index (χ3n) is 10.3. The molecule has 0 spiro atoms. The standard InChI is InChI=1S/C46H74N4/c1-6-10-14-17-21-25-40(23-19-13-9-4)48-42-29-35-45(36-30-42)50(44-33-27-39(47-5)28-34-44)46-37-31-43(32-38-46)49-41(24-20-16-12-8-3)26-22-18-15-11-7-2/h27-38,40-41,47-49H,6-26H2,1-5H3. The van der Waals surface area contributed by atoms with Gasteiger partial charge in [-0.25, -0.2) is 0 Å². The summed E-state index contributed by atoms with van der Waals surface area (Å²) in [5, 5.41) is 11.1. The Kier molecular flexibility index (Phi) is 21.3. The molecule has 2 unspecified atom stereocenters. The van der Waals surface area contributed by atoms with Crippen LogP contribution in [0.5, 0.6) is 0 Å². The first-order valence-electron chi connectivity index (χ1n) is 20.9. The molecule has 0 saturated heterocycles. The number of unbranched alkanes of at least 4 members (excludes halogenated alkanes) is 13. The first-order valence-corrected chi connectivity index (χ1v) is 20.9. The lowest BCUT2D eigenvalue weighted by Gasteiger charge is -2.27. The van der Waals surface area contributed by atoms with Crippen LogP contribution in [0.4, 0.5) is 34.1 Å². The second kappa shape index (κ2) is 25.8. The van der Waals surface area contributed by atoms with Crippen LogP contribution in [-0.4, -0.2) is 19.1 Å². The minimum Gasteiger partial charge on any atom is -0.388 e. The molecule has 0 bridgehead atoms. The summed E-state index contributed by atoms with van der Waals surface area (Å²) >= 11 is 0. The molecule has 3 aromatic carbocycles. The molecule has 50 heavy (non-hydrogen) atoms. The van der Waals surface area contributed by atoms with Gasteiger partial charge in [0.05, 0.1) is 0 Å². The highest BCUT2D eigenvalue weighted by Crippen LogP contribution is 2.36. The van der Waals surface area contributed by atoms with Gasteiger partial charge < -0.3 is 20.9 Å². The summed E-state index contributed by atoms with van der Waals surface area (Å²) in [7, 11) is 1.98. The zero-order valence-electron chi connectivity index (χ0n) is 32.9. The predicted molar refractivity (Wildman–Crippen MR) is 225 cm³/mol. The molecule has 0 radical (unpaired) electrons. The maximum absolute atomic E-state index is 3.94. The summed E-state index contributed by atoms with van der Waals surface area (Å²) in [5.41, 5.74) is 7.10. The maximum atomic E-state index is 3.94. The molecular weight excluding hydrogens is 609 g/mol. The number of benzene rings is 3. The Labute approximate surface area is 308 Å². The summed E-state index contributed by atoms with van der Waals surface area (Å²) in [6.45, 7) is 9.20. The van der Waals surface area contributed by atoms with Crippen LogP contribution >= 0.6 is 0 Å². The van der Waals surface area contributed by atoms with E-state index < -0.39 is 0 Å². The second-order valence-corrected chi connectivity index (χ2v) is 14.7. The topological polar surface area (TPSA) is 39.3 Å². The van der Waals surface area contributed by atoms with Crippen molar-refractivity contribution in [1.82, 2.24) is 0 Å². The largest absolute Gasteiger partial charge is 0.388 e. The van der Waals surface area contributed by atoms with Gasteiger partial charge in [0.1, 0.15) is 0 Å². The second-order valence-electron chi connectivity index (χ2n) is 14.7. The summed E-state index contributed by atoms with van der Waals surface area (Å²) in [6, 6.07) is 28.2. The number of nitrogens with one attached hydrogen (secondary N) is 3. The number of hydrogen-bond donors (Lipinski definition) is 3. The summed E-state index contributed by atoms with van der Waals surface area (Å²) < 4.78 is 0. The van der Waals surface area contributed by atoms with Gasteiger partial charge in [0, 0.05) is 53.3 Å². The van der Waals surface area contributed by atoms with E-state index in [0.29, 0.717) is 12.1 Å². The minimum absolute atomic E-state index is 0.547. The zero-order valence-corrected chi connectivity index (χ0v) is 32.9. The third kappa shape index (κ3) is 15.8. The van der Waals surface area contributed by atoms with E-state index >= 15 is 0 Å². The number of rotatable bonds is 29. The Balaban J connectivity index is 1.76. The summed E-state index contributed by atoms with van der Waals surface area (Å²) in [5.74, 6) is 0. The highest BCUT2D eigenvalue weighted by atomic mass is 15.1. The van der Waals surface area contributed by atoms with Crippen molar-refractivity contribution in [3.05, 3.63) is 72.8 Å². The van der Waals surface area contributed by atoms with Crippen LogP contribution in [0, 0.1) is 0 Å². The molecule has 3 aromatic rings. The van der Waals surface area contributed by atoms with E-state index in [4.69, 9.17) is 0 Å². The number of nitrogens with zero attached hydrogens (tertiary/aromatic N) is 1. The Bertz CT molecular complexity index is 1220. The first-order chi connectivity index (χ1) is 24.6. The van der Waals surface area contributed by atoms with E-state index in [2.05, 4.69) is 121 Å². The maximum Gasteiger partial charge on any atom is 0.0463 e. The molecule has 0 fully saturated rings. The fourth-order valence-corrected chi connectivity index (χ4v) is 7.13. The minimum atomic E-state index is 0.547. The first kappa shape index (κ1) is 41.3. The van der Waals surface area contributed by atoms with Crippen LogP contribution in [0.15, 0.2) is 72.8 Å². The van der Waals surface area contributed by atoms with Crippen LogP contribution in [0.3, 0.4) is 0 Å². The predicted octanol–water partition coefficient (Wildman–Crippen LogP) is 15.0. The van der Waals surface area contributed by atoms with Crippen molar-refractivity contribution in [2.45, 2.75) is 175 Å². The van der Waals surface area contributed by atoms with Crippen molar-refractivity contribution in [3.63, 3.8) is 0 Å². The molecule has 0 saturated carbocycles. The van der Waals surface area contributed by atoms with Crippen molar-refractivity contribution in [1.29, 1.82) is 0 Å². The van der Waals surface area contributed by atoms with Crippen molar-refractivity contribution in [2.75, 3.05) is 27.9 Å². The van der Waals surface area contributed by atoms with Crippen LogP contribution in [0.25, 0.3) is 0 Å². The molecule has 0 aromatic heterocycles. The van der Waals surface area contributed by atoms with Crippen LogP contribution < -0.4 is 20.9 Å². The van der Waals surface area contributed by atoms with Gasteiger partial charge in [0.15, 0.2) is 0 Å². The Morgan fingerprint density at radius 3 is 1.00 bits per heavy atom.